The number of nitrogens with one attached hydrogen (secondary N) is 1. The fourth-order valence-electron chi connectivity index (χ4n) is 1.45. The first kappa shape index (κ1) is 13.4. The van der Waals surface area contributed by atoms with Crippen molar-refractivity contribution in [3.8, 4) is 11.5 Å². The van der Waals surface area contributed by atoms with E-state index in [0.29, 0.717) is 0 Å². The molecule has 0 saturated carbocycles. The standard InChI is InChI=1S/C12H9FN4O3/c13-7-1-4-11(10(5-7)17(18)19)20-8-2-3-9(12(14)15)16-6-8/h1-6H,(H3,14,15). The predicted octanol–water partition coefficient (Wildman–Crippen LogP) is 2.21. The third-order valence-corrected chi connectivity index (χ3v) is 2.36. The van der Waals surface area contributed by atoms with Crippen molar-refractivity contribution in [2.75, 3.05) is 0 Å². The molecule has 0 aliphatic rings. The van der Waals surface area contributed by atoms with Crippen LogP contribution < -0.4 is 10.5 Å². The first-order chi connectivity index (χ1) is 9.47. The van der Waals surface area contributed by atoms with Crippen molar-refractivity contribution < 1.29 is 14.1 Å². The lowest BCUT2D eigenvalue weighted by molar-refractivity contribution is -0.385. The summed E-state index contributed by atoms with van der Waals surface area (Å²) in [6.45, 7) is 0. The summed E-state index contributed by atoms with van der Waals surface area (Å²) in [5.74, 6) is -0.822. The second-order valence-electron chi connectivity index (χ2n) is 3.76. The highest BCUT2D eigenvalue weighted by Crippen LogP contribution is 2.31. The Bertz CT molecular complexity index is 673. The number of rotatable bonds is 4. The molecule has 8 heteroatoms. The lowest BCUT2D eigenvalue weighted by Crippen LogP contribution is -2.12. The van der Waals surface area contributed by atoms with Gasteiger partial charge in [-0.2, -0.15) is 0 Å². The molecular weight excluding hydrogens is 267 g/mol. The number of nitrogen functional groups attached to an aromatic ring is 1. The fraction of sp³-hybridized carbons (Fsp3) is 0. The number of nitro benzene ring substituents is 1. The van der Waals surface area contributed by atoms with Crippen molar-refractivity contribution in [1.82, 2.24) is 4.98 Å². The van der Waals surface area contributed by atoms with E-state index in [9.17, 15) is 14.5 Å². The van der Waals surface area contributed by atoms with E-state index in [0.717, 1.165) is 18.2 Å². The third-order valence-electron chi connectivity index (χ3n) is 2.36. The van der Waals surface area contributed by atoms with Gasteiger partial charge in [0.2, 0.25) is 5.75 Å². The molecule has 102 valence electrons. The zero-order valence-electron chi connectivity index (χ0n) is 10.0. The van der Waals surface area contributed by atoms with Crippen LogP contribution in [-0.2, 0) is 0 Å². The van der Waals surface area contributed by atoms with E-state index >= 15 is 0 Å². The first-order valence-corrected chi connectivity index (χ1v) is 5.39. The molecule has 0 amide bonds. The van der Waals surface area contributed by atoms with Crippen LogP contribution in [0.1, 0.15) is 5.69 Å². The average molecular weight is 276 g/mol. The van der Waals surface area contributed by atoms with E-state index < -0.39 is 16.4 Å². The molecule has 1 aromatic carbocycles. The Kier molecular flexibility index (Phi) is 3.56. The number of aromatic nitrogens is 1. The average Bonchev–Trinajstić information content (AvgIpc) is 2.41. The molecular formula is C12H9FN4O3. The van der Waals surface area contributed by atoms with E-state index in [2.05, 4.69) is 4.98 Å². The molecule has 0 unspecified atom stereocenters. The molecule has 20 heavy (non-hydrogen) atoms. The van der Waals surface area contributed by atoms with Crippen LogP contribution in [0.3, 0.4) is 0 Å². The highest BCUT2D eigenvalue weighted by atomic mass is 19.1. The summed E-state index contributed by atoms with van der Waals surface area (Å²) in [6.07, 6.45) is 1.27. The Labute approximate surface area is 112 Å². The van der Waals surface area contributed by atoms with E-state index in [4.69, 9.17) is 15.9 Å². The molecule has 0 aliphatic heterocycles. The van der Waals surface area contributed by atoms with Gasteiger partial charge in [0.1, 0.15) is 23.1 Å². The number of nitrogens with zero attached hydrogens (tertiary/aromatic N) is 2. The number of amidine groups is 1. The van der Waals surface area contributed by atoms with Crippen molar-refractivity contribution in [3.05, 3.63) is 58.2 Å². The van der Waals surface area contributed by atoms with Crippen LogP contribution in [0.2, 0.25) is 0 Å². The van der Waals surface area contributed by atoms with Gasteiger partial charge in [-0.25, -0.2) is 9.37 Å². The van der Waals surface area contributed by atoms with Gasteiger partial charge < -0.3 is 10.5 Å². The Morgan fingerprint density at radius 3 is 2.70 bits per heavy atom. The molecule has 2 rings (SSSR count). The summed E-state index contributed by atoms with van der Waals surface area (Å²) in [7, 11) is 0. The zero-order chi connectivity index (χ0) is 14.7. The quantitative estimate of drug-likeness (QED) is 0.384. The largest absolute Gasteiger partial charge is 0.449 e. The normalized spacial score (nSPS) is 10.1. The van der Waals surface area contributed by atoms with Crippen LogP contribution in [0.15, 0.2) is 36.5 Å². The molecule has 0 atom stereocenters. The molecule has 1 heterocycles. The number of hydrogen-bond acceptors (Lipinski definition) is 5. The molecule has 0 saturated heterocycles. The molecule has 0 spiro atoms. The number of halogens is 1. The van der Waals surface area contributed by atoms with E-state index in [-0.39, 0.29) is 23.0 Å². The summed E-state index contributed by atoms with van der Waals surface area (Å²) < 4.78 is 18.3. The minimum absolute atomic E-state index is 0.103. The third kappa shape index (κ3) is 2.86. The van der Waals surface area contributed by atoms with Crippen LogP contribution in [0.25, 0.3) is 0 Å². The summed E-state index contributed by atoms with van der Waals surface area (Å²) in [5.41, 5.74) is 5.02. The number of hydrogen-bond donors (Lipinski definition) is 2. The van der Waals surface area contributed by atoms with Crippen molar-refractivity contribution in [3.63, 3.8) is 0 Å². The minimum Gasteiger partial charge on any atom is -0.449 e. The summed E-state index contributed by atoms with van der Waals surface area (Å²) in [4.78, 5) is 13.9. The van der Waals surface area contributed by atoms with Gasteiger partial charge >= 0.3 is 5.69 Å². The summed E-state index contributed by atoms with van der Waals surface area (Å²) in [6, 6.07) is 5.88. The molecule has 0 fully saturated rings. The molecule has 0 bridgehead atoms. The van der Waals surface area contributed by atoms with E-state index in [1.807, 2.05) is 0 Å². The highest BCUT2D eigenvalue weighted by Gasteiger charge is 2.17. The molecule has 2 aromatic rings. The molecule has 3 N–H and O–H groups in total. The van der Waals surface area contributed by atoms with Crippen LogP contribution in [0, 0.1) is 21.3 Å². The molecule has 7 nitrogen and oxygen atoms in total. The maximum absolute atomic E-state index is 13.0. The lowest BCUT2D eigenvalue weighted by Gasteiger charge is -2.06. The van der Waals surface area contributed by atoms with Gasteiger partial charge in [0.25, 0.3) is 0 Å². The van der Waals surface area contributed by atoms with Crippen molar-refractivity contribution in [1.29, 1.82) is 5.41 Å². The smallest absolute Gasteiger partial charge is 0.314 e. The predicted molar refractivity (Wildman–Crippen MR) is 68.4 cm³/mol. The molecule has 0 aliphatic carbocycles. The van der Waals surface area contributed by atoms with Crippen molar-refractivity contribution in [2.24, 2.45) is 5.73 Å². The van der Waals surface area contributed by atoms with Crippen LogP contribution in [-0.4, -0.2) is 15.7 Å². The van der Waals surface area contributed by atoms with Gasteiger partial charge in [-0.3, -0.25) is 15.5 Å². The van der Waals surface area contributed by atoms with Gasteiger partial charge in [-0.1, -0.05) is 0 Å². The van der Waals surface area contributed by atoms with Crippen LogP contribution in [0.4, 0.5) is 10.1 Å². The minimum atomic E-state index is -0.740. The second-order valence-corrected chi connectivity index (χ2v) is 3.76. The van der Waals surface area contributed by atoms with Crippen molar-refractivity contribution in [2.45, 2.75) is 0 Å². The Morgan fingerprint density at radius 1 is 1.40 bits per heavy atom. The van der Waals surface area contributed by atoms with Gasteiger partial charge in [0.05, 0.1) is 17.2 Å². The highest BCUT2D eigenvalue weighted by molar-refractivity contribution is 5.92. The number of benzene rings is 1. The van der Waals surface area contributed by atoms with Crippen LogP contribution in [0.5, 0.6) is 11.5 Å². The fourth-order valence-corrected chi connectivity index (χ4v) is 1.45. The van der Waals surface area contributed by atoms with E-state index in [1.165, 1.54) is 18.3 Å². The molecule has 1 aromatic heterocycles. The molecule has 0 radical (unpaired) electrons. The lowest BCUT2D eigenvalue weighted by atomic mass is 10.3. The first-order valence-electron chi connectivity index (χ1n) is 5.39. The maximum Gasteiger partial charge on any atom is 0.314 e. The number of pyridine rings is 1. The van der Waals surface area contributed by atoms with Gasteiger partial charge in [0.15, 0.2) is 0 Å². The summed E-state index contributed by atoms with van der Waals surface area (Å²) >= 11 is 0. The topological polar surface area (TPSA) is 115 Å². The van der Waals surface area contributed by atoms with Crippen molar-refractivity contribution >= 4 is 11.5 Å². The number of nitro groups is 1. The number of nitrogens with two attached hydrogens (primary N) is 1. The number of ether oxygens (including phenoxy) is 1. The van der Waals surface area contributed by atoms with E-state index in [1.54, 1.807) is 0 Å². The Balaban J connectivity index is 2.30. The monoisotopic (exact) mass is 276 g/mol. The van der Waals surface area contributed by atoms with Crippen LogP contribution >= 0.6 is 0 Å². The SMILES string of the molecule is N=C(N)c1ccc(Oc2ccc(F)cc2[N+](=O)[O-])cn1. The van der Waals surface area contributed by atoms with Gasteiger partial charge in [-0.05, 0) is 24.3 Å². The Hall–Kier alpha value is -3.03. The summed E-state index contributed by atoms with van der Waals surface area (Å²) in [5, 5.41) is 18.0. The second kappa shape index (κ2) is 5.31. The van der Waals surface area contributed by atoms with Gasteiger partial charge in [0, 0.05) is 0 Å². The van der Waals surface area contributed by atoms with Gasteiger partial charge in [-0.15, -0.1) is 0 Å². The zero-order valence-corrected chi connectivity index (χ0v) is 10.0. The Morgan fingerprint density at radius 2 is 2.15 bits per heavy atom. The maximum atomic E-state index is 13.0.